The molecule has 1 N–H and O–H groups in total. The lowest BCUT2D eigenvalue weighted by atomic mass is 9.97. The van der Waals surface area contributed by atoms with Crippen molar-refractivity contribution in [3.63, 3.8) is 0 Å². The third kappa shape index (κ3) is 5.83. The number of ether oxygens (including phenoxy) is 2. The van der Waals surface area contributed by atoms with E-state index < -0.39 is 12.1 Å². The molecule has 0 aliphatic carbocycles. The average molecular weight is 258 g/mol. The summed E-state index contributed by atoms with van der Waals surface area (Å²) >= 11 is 0. The number of carboxylic acid groups (broad SMARTS) is 1. The van der Waals surface area contributed by atoms with Crippen molar-refractivity contribution >= 4 is 5.97 Å². The van der Waals surface area contributed by atoms with Crippen LogP contribution in [-0.4, -0.2) is 30.1 Å². The third-order valence-corrected chi connectivity index (χ3v) is 3.40. The fourth-order valence-electron chi connectivity index (χ4n) is 2.25. The van der Waals surface area contributed by atoms with Gasteiger partial charge in [-0.05, 0) is 31.6 Å². The van der Waals surface area contributed by atoms with Gasteiger partial charge >= 0.3 is 5.97 Å². The van der Waals surface area contributed by atoms with E-state index >= 15 is 0 Å². The lowest BCUT2D eigenvalue weighted by Crippen LogP contribution is -2.34. The quantitative estimate of drug-likeness (QED) is 0.726. The second-order valence-electron chi connectivity index (χ2n) is 5.24. The molecule has 0 spiro atoms. The predicted molar refractivity (Wildman–Crippen MR) is 69.4 cm³/mol. The van der Waals surface area contributed by atoms with Crippen LogP contribution < -0.4 is 0 Å². The fourth-order valence-corrected chi connectivity index (χ4v) is 2.25. The Bertz CT molecular complexity index is 236. The number of hydrogen-bond acceptors (Lipinski definition) is 3. The normalized spacial score (nSPS) is 23.6. The smallest absolute Gasteiger partial charge is 0.332 e. The van der Waals surface area contributed by atoms with Gasteiger partial charge in [-0.1, -0.05) is 33.1 Å². The first kappa shape index (κ1) is 15.4. The van der Waals surface area contributed by atoms with Crippen molar-refractivity contribution in [1.82, 2.24) is 0 Å². The third-order valence-electron chi connectivity index (χ3n) is 3.40. The van der Waals surface area contributed by atoms with Crippen LogP contribution in [0.5, 0.6) is 0 Å². The first-order chi connectivity index (χ1) is 8.63. The summed E-state index contributed by atoms with van der Waals surface area (Å²) in [6.45, 7) is 4.92. The number of hydrogen-bond donors (Lipinski definition) is 1. The van der Waals surface area contributed by atoms with Crippen LogP contribution in [0.4, 0.5) is 0 Å². The minimum atomic E-state index is -0.868. The number of carbonyl (C=O) groups is 1. The Balaban J connectivity index is 2.36. The molecule has 0 aromatic rings. The molecule has 0 saturated carbocycles. The van der Waals surface area contributed by atoms with Crippen molar-refractivity contribution in [2.24, 2.45) is 5.92 Å². The predicted octanol–water partition coefficient (Wildman–Crippen LogP) is 3.20. The van der Waals surface area contributed by atoms with Crippen molar-refractivity contribution in [3.8, 4) is 0 Å². The zero-order valence-electron chi connectivity index (χ0n) is 11.6. The van der Waals surface area contributed by atoms with E-state index in [1.54, 1.807) is 0 Å². The summed E-state index contributed by atoms with van der Waals surface area (Å²) in [7, 11) is 0. The maximum atomic E-state index is 11.2. The summed E-state index contributed by atoms with van der Waals surface area (Å²) in [5.41, 5.74) is 0. The standard InChI is InChI=1S/C14H26O4/c1-3-4-7-11(2)10-12(14(15)16)18-13-8-5-6-9-17-13/h11-13H,3-10H2,1-2H3,(H,15,16). The molecule has 1 saturated heterocycles. The second kappa shape index (κ2) is 8.48. The summed E-state index contributed by atoms with van der Waals surface area (Å²) in [4.78, 5) is 11.2. The molecule has 0 amide bonds. The molecule has 0 radical (unpaired) electrons. The molecule has 3 atom stereocenters. The van der Waals surface area contributed by atoms with Crippen LogP contribution in [0.15, 0.2) is 0 Å². The molecule has 3 unspecified atom stereocenters. The number of rotatable bonds is 8. The Kier molecular flexibility index (Phi) is 7.28. The first-order valence-electron chi connectivity index (χ1n) is 7.13. The SMILES string of the molecule is CCCCC(C)CC(OC1CCCCO1)C(=O)O. The summed E-state index contributed by atoms with van der Waals surface area (Å²) in [6.07, 6.45) is 5.81. The molecule has 18 heavy (non-hydrogen) atoms. The summed E-state index contributed by atoms with van der Waals surface area (Å²) < 4.78 is 11.0. The van der Waals surface area contributed by atoms with Gasteiger partial charge in [-0.2, -0.15) is 0 Å². The van der Waals surface area contributed by atoms with Crippen LogP contribution in [0, 0.1) is 5.92 Å². The van der Waals surface area contributed by atoms with Gasteiger partial charge in [-0.25, -0.2) is 4.79 Å². The second-order valence-corrected chi connectivity index (χ2v) is 5.24. The van der Waals surface area contributed by atoms with E-state index in [0.717, 1.165) is 38.5 Å². The zero-order chi connectivity index (χ0) is 13.4. The van der Waals surface area contributed by atoms with Gasteiger partial charge in [0, 0.05) is 6.61 Å². The summed E-state index contributed by atoms with van der Waals surface area (Å²) in [6, 6.07) is 0. The molecule has 4 nitrogen and oxygen atoms in total. The maximum Gasteiger partial charge on any atom is 0.332 e. The molecule has 0 aromatic heterocycles. The molecule has 1 heterocycles. The van der Waals surface area contributed by atoms with Crippen molar-refractivity contribution in [3.05, 3.63) is 0 Å². The highest BCUT2D eigenvalue weighted by molar-refractivity contribution is 5.72. The van der Waals surface area contributed by atoms with E-state index in [1.165, 1.54) is 0 Å². The molecule has 1 rings (SSSR count). The summed E-state index contributed by atoms with van der Waals surface area (Å²) in [5.74, 6) is -0.484. The Hall–Kier alpha value is -0.610. The van der Waals surface area contributed by atoms with Crippen LogP contribution >= 0.6 is 0 Å². The molecule has 106 valence electrons. The molecule has 4 heteroatoms. The van der Waals surface area contributed by atoms with E-state index in [1.807, 2.05) is 0 Å². The topological polar surface area (TPSA) is 55.8 Å². The van der Waals surface area contributed by atoms with Crippen LogP contribution in [0.2, 0.25) is 0 Å². The maximum absolute atomic E-state index is 11.2. The highest BCUT2D eigenvalue weighted by Crippen LogP contribution is 2.21. The van der Waals surface area contributed by atoms with Crippen molar-refractivity contribution in [1.29, 1.82) is 0 Å². The van der Waals surface area contributed by atoms with Gasteiger partial charge in [0.1, 0.15) is 0 Å². The molecule has 0 bridgehead atoms. The average Bonchev–Trinajstić information content (AvgIpc) is 2.36. The lowest BCUT2D eigenvalue weighted by Gasteiger charge is -2.27. The zero-order valence-corrected chi connectivity index (χ0v) is 11.6. The van der Waals surface area contributed by atoms with Gasteiger partial charge in [0.2, 0.25) is 0 Å². The Morgan fingerprint density at radius 1 is 1.50 bits per heavy atom. The molecule has 1 aliphatic heterocycles. The minimum Gasteiger partial charge on any atom is -0.479 e. The van der Waals surface area contributed by atoms with Gasteiger partial charge in [0.25, 0.3) is 0 Å². The molecular formula is C14H26O4. The Morgan fingerprint density at radius 3 is 2.83 bits per heavy atom. The largest absolute Gasteiger partial charge is 0.479 e. The van der Waals surface area contributed by atoms with Gasteiger partial charge < -0.3 is 14.6 Å². The van der Waals surface area contributed by atoms with Gasteiger partial charge in [0.05, 0.1) is 0 Å². The fraction of sp³-hybridized carbons (Fsp3) is 0.929. The van der Waals surface area contributed by atoms with E-state index in [4.69, 9.17) is 9.47 Å². The van der Waals surface area contributed by atoms with E-state index in [9.17, 15) is 9.90 Å². The molecular weight excluding hydrogens is 232 g/mol. The van der Waals surface area contributed by atoms with Crippen LogP contribution in [0.3, 0.4) is 0 Å². The van der Waals surface area contributed by atoms with Gasteiger partial charge in [-0.15, -0.1) is 0 Å². The van der Waals surface area contributed by atoms with E-state index in [2.05, 4.69) is 13.8 Å². The highest BCUT2D eigenvalue weighted by Gasteiger charge is 2.26. The first-order valence-corrected chi connectivity index (χ1v) is 7.13. The van der Waals surface area contributed by atoms with Crippen molar-refractivity contribution in [2.75, 3.05) is 6.61 Å². The van der Waals surface area contributed by atoms with Gasteiger partial charge in [0.15, 0.2) is 12.4 Å². The van der Waals surface area contributed by atoms with E-state index in [0.29, 0.717) is 18.9 Å². The Labute approximate surface area is 110 Å². The molecule has 1 aliphatic rings. The number of carboxylic acids is 1. The van der Waals surface area contributed by atoms with Crippen molar-refractivity contribution < 1.29 is 19.4 Å². The Morgan fingerprint density at radius 2 is 2.28 bits per heavy atom. The van der Waals surface area contributed by atoms with Crippen LogP contribution in [-0.2, 0) is 14.3 Å². The number of unbranched alkanes of at least 4 members (excludes halogenated alkanes) is 1. The molecule has 0 aromatic carbocycles. The summed E-state index contributed by atoms with van der Waals surface area (Å²) in [5, 5.41) is 9.20. The van der Waals surface area contributed by atoms with Gasteiger partial charge in [-0.3, -0.25) is 0 Å². The highest BCUT2D eigenvalue weighted by atomic mass is 16.7. The molecule has 1 fully saturated rings. The lowest BCUT2D eigenvalue weighted by molar-refractivity contribution is -0.203. The minimum absolute atomic E-state index is 0.321. The van der Waals surface area contributed by atoms with E-state index in [-0.39, 0.29) is 6.29 Å². The number of aliphatic carboxylic acids is 1. The monoisotopic (exact) mass is 258 g/mol. The van der Waals surface area contributed by atoms with Crippen LogP contribution in [0.1, 0.15) is 58.8 Å². The van der Waals surface area contributed by atoms with Crippen LogP contribution in [0.25, 0.3) is 0 Å². The van der Waals surface area contributed by atoms with Crippen molar-refractivity contribution in [2.45, 2.75) is 71.2 Å².